The predicted octanol–water partition coefficient (Wildman–Crippen LogP) is 13.9. The van der Waals surface area contributed by atoms with Gasteiger partial charge < -0.3 is 5.32 Å². The Balaban J connectivity index is 3.01. The molecule has 0 unspecified atom stereocenters. The summed E-state index contributed by atoms with van der Waals surface area (Å²) in [5.41, 5.74) is 0. The lowest BCUT2D eigenvalue weighted by Gasteiger charge is -2.06. The molecule has 0 aliphatic carbocycles. The first-order valence-corrected chi connectivity index (χ1v) is 19.1. The van der Waals surface area contributed by atoms with E-state index < -0.39 is 0 Å². The average Bonchev–Trinajstić information content (AvgIpc) is 2.95. The van der Waals surface area contributed by atoms with Crippen molar-refractivity contribution in [1.82, 2.24) is 5.32 Å². The first kappa shape index (κ1) is 39.0. The molecule has 0 spiro atoms. The molecule has 0 heterocycles. The summed E-state index contributed by atoms with van der Waals surface area (Å²) in [5, 5.41) is 3.69. The van der Waals surface area contributed by atoms with E-state index in [9.17, 15) is 0 Å². The molecule has 0 rings (SSSR count). The van der Waals surface area contributed by atoms with Gasteiger partial charge in [0.05, 0.1) is 0 Å². The fourth-order valence-electron chi connectivity index (χ4n) is 6.07. The van der Waals surface area contributed by atoms with Gasteiger partial charge in [-0.05, 0) is 25.9 Å². The van der Waals surface area contributed by atoms with Crippen molar-refractivity contribution >= 4 is 0 Å². The second-order valence-electron chi connectivity index (χ2n) is 13.1. The molecule has 0 aliphatic rings. The van der Waals surface area contributed by atoms with Crippen LogP contribution in [-0.4, -0.2) is 13.1 Å². The van der Waals surface area contributed by atoms with Crippen LogP contribution in [0.2, 0.25) is 0 Å². The summed E-state index contributed by atoms with van der Waals surface area (Å²) in [4.78, 5) is 0. The maximum atomic E-state index is 3.69. The average molecular weight is 550 g/mol. The Morgan fingerprint density at radius 1 is 0.205 bits per heavy atom. The van der Waals surface area contributed by atoms with Crippen LogP contribution in [0.5, 0.6) is 0 Å². The number of hydrogen-bond acceptors (Lipinski definition) is 1. The zero-order chi connectivity index (χ0) is 28.2. The first-order chi connectivity index (χ1) is 19.4. The smallest absolute Gasteiger partial charge is 0.00489 e. The van der Waals surface area contributed by atoms with Crippen molar-refractivity contribution < 1.29 is 0 Å². The molecule has 39 heavy (non-hydrogen) atoms. The maximum Gasteiger partial charge on any atom is -0.00489 e. The summed E-state index contributed by atoms with van der Waals surface area (Å²) in [7, 11) is 0. The molecular formula is C38H79N. The Hall–Kier alpha value is -0.0400. The Morgan fingerprint density at radius 3 is 0.538 bits per heavy atom. The standard InChI is InChI=1S/C38H79N/c1-3-5-7-9-11-13-15-17-19-21-22-24-26-28-30-32-34-36-38-39-37-35-33-31-29-27-25-23-20-18-16-14-12-10-8-6-4-2/h39H,3-38H2,1-2H3. The molecule has 0 atom stereocenters. The van der Waals surface area contributed by atoms with Gasteiger partial charge in [-0.3, -0.25) is 0 Å². The summed E-state index contributed by atoms with van der Waals surface area (Å²) in [6.45, 7) is 7.11. The lowest BCUT2D eigenvalue weighted by Crippen LogP contribution is -2.16. The van der Waals surface area contributed by atoms with Crippen LogP contribution < -0.4 is 5.32 Å². The van der Waals surface area contributed by atoms with Gasteiger partial charge in [0.1, 0.15) is 0 Å². The quantitative estimate of drug-likeness (QED) is 0.0766. The van der Waals surface area contributed by atoms with Crippen LogP contribution in [0.1, 0.15) is 232 Å². The molecule has 0 aromatic rings. The van der Waals surface area contributed by atoms with Gasteiger partial charge in [0.15, 0.2) is 0 Å². The molecule has 0 amide bonds. The van der Waals surface area contributed by atoms with E-state index in [0.717, 1.165) is 0 Å². The van der Waals surface area contributed by atoms with Gasteiger partial charge in [0.2, 0.25) is 0 Å². The van der Waals surface area contributed by atoms with Crippen LogP contribution in [0.4, 0.5) is 0 Å². The number of nitrogens with one attached hydrogen (secondary N) is 1. The molecule has 0 saturated carbocycles. The summed E-state index contributed by atoms with van der Waals surface area (Å²) < 4.78 is 0. The fraction of sp³-hybridized carbons (Fsp3) is 1.00. The van der Waals surface area contributed by atoms with E-state index in [4.69, 9.17) is 0 Å². The number of rotatable bonds is 36. The van der Waals surface area contributed by atoms with Crippen LogP contribution in [0, 0.1) is 0 Å². The molecule has 1 N–H and O–H groups in total. The third kappa shape index (κ3) is 38.0. The van der Waals surface area contributed by atoms with Gasteiger partial charge in [-0.2, -0.15) is 0 Å². The minimum atomic E-state index is 1.25. The third-order valence-electron chi connectivity index (χ3n) is 8.91. The molecule has 0 aromatic heterocycles. The molecule has 1 heteroatoms. The molecule has 0 saturated heterocycles. The Bertz CT molecular complexity index is 356. The summed E-state index contributed by atoms with van der Waals surface area (Å²) >= 11 is 0. The van der Waals surface area contributed by atoms with Gasteiger partial charge in [0.25, 0.3) is 0 Å². The van der Waals surface area contributed by atoms with Crippen molar-refractivity contribution in [3.63, 3.8) is 0 Å². The summed E-state index contributed by atoms with van der Waals surface area (Å²) in [6.07, 6.45) is 49.7. The normalized spacial score (nSPS) is 11.5. The van der Waals surface area contributed by atoms with Crippen LogP contribution >= 0.6 is 0 Å². The monoisotopic (exact) mass is 550 g/mol. The van der Waals surface area contributed by atoms with E-state index in [1.165, 1.54) is 231 Å². The Kier molecular flexibility index (Phi) is 37.9. The van der Waals surface area contributed by atoms with Crippen LogP contribution in [0.15, 0.2) is 0 Å². The van der Waals surface area contributed by atoms with Gasteiger partial charge in [0, 0.05) is 0 Å². The molecular weight excluding hydrogens is 470 g/mol. The van der Waals surface area contributed by atoms with Crippen molar-refractivity contribution in [3.05, 3.63) is 0 Å². The van der Waals surface area contributed by atoms with Crippen molar-refractivity contribution in [2.45, 2.75) is 232 Å². The van der Waals surface area contributed by atoms with E-state index in [-0.39, 0.29) is 0 Å². The molecule has 0 aliphatic heterocycles. The van der Waals surface area contributed by atoms with E-state index in [1.807, 2.05) is 0 Å². The minimum Gasteiger partial charge on any atom is -0.317 e. The highest BCUT2D eigenvalue weighted by Crippen LogP contribution is 2.15. The van der Waals surface area contributed by atoms with Crippen molar-refractivity contribution in [1.29, 1.82) is 0 Å². The Labute approximate surface area is 250 Å². The van der Waals surface area contributed by atoms with Crippen molar-refractivity contribution in [2.24, 2.45) is 0 Å². The van der Waals surface area contributed by atoms with E-state index >= 15 is 0 Å². The zero-order valence-electron chi connectivity index (χ0n) is 28.0. The maximum absolute atomic E-state index is 3.69. The lowest BCUT2D eigenvalue weighted by atomic mass is 10.0. The highest BCUT2D eigenvalue weighted by atomic mass is 14.8. The predicted molar refractivity (Wildman–Crippen MR) is 181 cm³/mol. The minimum absolute atomic E-state index is 1.25. The summed E-state index contributed by atoms with van der Waals surface area (Å²) in [5.74, 6) is 0. The van der Waals surface area contributed by atoms with Crippen LogP contribution in [-0.2, 0) is 0 Å². The van der Waals surface area contributed by atoms with Crippen molar-refractivity contribution in [3.8, 4) is 0 Å². The summed E-state index contributed by atoms with van der Waals surface area (Å²) in [6, 6.07) is 0. The second kappa shape index (κ2) is 38.0. The molecule has 1 nitrogen and oxygen atoms in total. The molecule has 0 radical (unpaired) electrons. The second-order valence-corrected chi connectivity index (χ2v) is 13.1. The SMILES string of the molecule is CCCCCCCCCCCCCCCCCCCCNCCCCCCCCCCCCCCCCCC. The van der Waals surface area contributed by atoms with E-state index in [1.54, 1.807) is 0 Å². The number of unbranched alkanes of at least 4 members (excludes halogenated alkanes) is 32. The molecule has 0 aromatic carbocycles. The Morgan fingerprint density at radius 2 is 0.359 bits per heavy atom. The lowest BCUT2D eigenvalue weighted by molar-refractivity contribution is 0.514. The largest absolute Gasteiger partial charge is 0.317 e. The van der Waals surface area contributed by atoms with E-state index in [2.05, 4.69) is 19.2 Å². The zero-order valence-corrected chi connectivity index (χ0v) is 28.0. The van der Waals surface area contributed by atoms with Crippen LogP contribution in [0.25, 0.3) is 0 Å². The molecule has 0 bridgehead atoms. The topological polar surface area (TPSA) is 12.0 Å². The number of hydrogen-bond donors (Lipinski definition) is 1. The third-order valence-corrected chi connectivity index (χ3v) is 8.91. The molecule has 236 valence electrons. The van der Waals surface area contributed by atoms with Gasteiger partial charge in [-0.25, -0.2) is 0 Å². The van der Waals surface area contributed by atoms with Gasteiger partial charge in [-0.15, -0.1) is 0 Å². The van der Waals surface area contributed by atoms with E-state index in [0.29, 0.717) is 0 Å². The highest BCUT2D eigenvalue weighted by molar-refractivity contribution is 4.54. The van der Waals surface area contributed by atoms with Gasteiger partial charge >= 0.3 is 0 Å². The fourth-order valence-corrected chi connectivity index (χ4v) is 6.07. The highest BCUT2D eigenvalue weighted by Gasteiger charge is 1.97. The molecule has 0 fully saturated rings. The first-order valence-electron chi connectivity index (χ1n) is 19.1. The van der Waals surface area contributed by atoms with Crippen molar-refractivity contribution in [2.75, 3.05) is 13.1 Å². The van der Waals surface area contributed by atoms with Gasteiger partial charge in [-0.1, -0.05) is 219 Å². The van der Waals surface area contributed by atoms with Crippen LogP contribution in [0.3, 0.4) is 0 Å².